The summed E-state index contributed by atoms with van der Waals surface area (Å²) in [5, 5.41) is 9.44. The second kappa shape index (κ2) is 5.35. The van der Waals surface area contributed by atoms with Gasteiger partial charge in [-0.05, 0) is 12.8 Å². The Hall–Kier alpha value is -2.10. The summed E-state index contributed by atoms with van der Waals surface area (Å²) in [7, 11) is 0. The maximum absolute atomic E-state index is 11.5. The highest BCUT2D eigenvalue weighted by Gasteiger charge is 2.33. The fourth-order valence-electron chi connectivity index (χ4n) is 3.20. The maximum Gasteiger partial charge on any atom is 0.356 e. The zero-order valence-electron chi connectivity index (χ0n) is 12.2. The first kappa shape index (κ1) is 13.9. The van der Waals surface area contributed by atoms with Crippen molar-refractivity contribution >= 4 is 5.97 Å². The standard InChI is InChI=1S/C17H20N2O2/c1-17(10-6-3-7-11-17)16-18-13(14(19-16)15(20)21)12-8-4-2-5-9-12/h2,4-5,8-9H,3,6-7,10-11H2,1H3,(H,18,19)(H,20,21). The van der Waals surface area contributed by atoms with E-state index in [9.17, 15) is 9.90 Å². The summed E-state index contributed by atoms with van der Waals surface area (Å²) in [6, 6.07) is 9.55. The van der Waals surface area contributed by atoms with Crippen LogP contribution in [0.1, 0.15) is 55.3 Å². The Morgan fingerprint density at radius 1 is 1.19 bits per heavy atom. The minimum absolute atomic E-state index is 0.0323. The number of H-pyrrole nitrogens is 1. The van der Waals surface area contributed by atoms with Crippen molar-refractivity contribution in [3.63, 3.8) is 0 Å². The summed E-state index contributed by atoms with van der Waals surface area (Å²) in [6.45, 7) is 2.19. The Balaban J connectivity index is 2.07. The number of hydrogen-bond donors (Lipinski definition) is 2. The molecule has 1 fully saturated rings. The average molecular weight is 284 g/mol. The topological polar surface area (TPSA) is 66.0 Å². The molecule has 0 aliphatic heterocycles. The number of carboxylic acid groups (broad SMARTS) is 1. The molecule has 2 N–H and O–H groups in total. The molecule has 3 rings (SSSR count). The molecule has 4 nitrogen and oxygen atoms in total. The Morgan fingerprint density at radius 2 is 1.86 bits per heavy atom. The largest absolute Gasteiger partial charge is 0.476 e. The van der Waals surface area contributed by atoms with E-state index in [-0.39, 0.29) is 11.1 Å². The fourth-order valence-corrected chi connectivity index (χ4v) is 3.20. The van der Waals surface area contributed by atoms with Gasteiger partial charge in [-0.25, -0.2) is 9.78 Å². The quantitative estimate of drug-likeness (QED) is 0.895. The van der Waals surface area contributed by atoms with Gasteiger partial charge in [0, 0.05) is 11.0 Å². The molecule has 1 aromatic carbocycles. The van der Waals surface area contributed by atoms with Gasteiger partial charge in [0.15, 0.2) is 5.69 Å². The van der Waals surface area contributed by atoms with Gasteiger partial charge in [0.05, 0.1) is 5.69 Å². The number of carboxylic acids is 1. The third-order valence-corrected chi connectivity index (χ3v) is 4.50. The van der Waals surface area contributed by atoms with Crippen LogP contribution in [-0.2, 0) is 5.41 Å². The molecule has 1 aliphatic rings. The molecule has 0 atom stereocenters. The van der Waals surface area contributed by atoms with Gasteiger partial charge in [-0.3, -0.25) is 0 Å². The van der Waals surface area contributed by atoms with Crippen molar-refractivity contribution in [2.75, 3.05) is 0 Å². The lowest BCUT2D eigenvalue weighted by Gasteiger charge is -2.31. The molecule has 4 heteroatoms. The Morgan fingerprint density at radius 3 is 2.48 bits per heavy atom. The monoisotopic (exact) mass is 284 g/mol. The van der Waals surface area contributed by atoms with Crippen LogP contribution in [0, 0.1) is 0 Å². The van der Waals surface area contributed by atoms with E-state index in [0.29, 0.717) is 5.69 Å². The number of aromatic amines is 1. The highest BCUT2D eigenvalue weighted by atomic mass is 16.4. The highest BCUT2D eigenvalue weighted by molar-refractivity contribution is 5.93. The molecule has 1 aromatic heterocycles. The SMILES string of the molecule is CC1(c2nc(C(=O)O)c(-c3ccccc3)[nH]2)CCCCC1. The number of carbonyl (C=O) groups is 1. The molecule has 0 unspecified atom stereocenters. The predicted octanol–water partition coefficient (Wildman–Crippen LogP) is 4.00. The zero-order valence-corrected chi connectivity index (χ0v) is 12.2. The third-order valence-electron chi connectivity index (χ3n) is 4.50. The van der Waals surface area contributed by atoms with Crippen LogP contribution in [0.3, 0.4) is 0 Å². The highest BCUT2D eigenvalue weighted by Crippen LogP contribution is 2.38. The van der Waals surface area contributed by atoms with Crippen LogP contribution >= 0.6 is 0 Å². The van der Waals surface area contributed by atoms with Gasteiger partial charge in [-0.1, -0.05) is 56.5 Å². The molecular formula is C17H20N2O2. The first-order chi connectivity index (χ1) is 10.1. The molecule has 2 aromatic rings. The molecule has 21 heavy (non-hydrogen) atoms. The molecule has 1 heterocycles. The van der Waals surface area contributed by atoms with E-state index in [4.69, 9.17) is 0 Å². The van der Waals surface area contributed by atoms with E-state index in [0.717, 1.165) is 24.2 Å². The normalized spacial score (nSPS) is 17.6. The first-order valence-electron chi connectivity index (χ1n) is 7.49. The van der Waals surface area contributed by atoms with E-state index in [2.05, 4.69) is 16.9 Å². The Labute approximate surface area is 124 Å². The third kappa shape index (κ3) is 2.58. The van der Waals surface area contributed by atoms with Crippen LogP contribution in [0.15, 0.2) is 30.3 Å². The van der Waals surface area contributed by atoms with Crippen molar-refractivity contribution in [3.8, 4) is 11.3 Å². The van der Waals surface area contributed by atoms with Crippen molar-refractivity contribution in [1.82, 2.24) is 9.97 Å². The smallest absolute Gasteiger partial charge is 0.356 e. The van der Waals surface area contributed by atoms with Crippen molar-refractivity contribution < 1.29 is 9.90 Å². The molecule has 110 valence electrons. The number of imidazole rings is 1. The molecule has 0 amide bonds. The van der Waals surface area contributed by atoms with Crippen LogP contribution in [0.25, 0.3) is 11.3 Å². The molecular weight excluding hydrogens is 264 g/mol. The van der Waals surface area contributed by atoms with Crippen LogP contribution in [-0.4, -0.2) is 21.0 Å². The molecule has 1 aliphatic carbocycles. The molecule has 0 saturated heterocycles. The number of hydrogen-bond acceptors (Lipinski definition) is 2. The van der Waals surface area contributed by atoms with Gasteiger partial charge in [0.1, 0.15) is 5.82 Å². The lowest BCUT2D eigenvalue weighted by molar-refractivity contribution is 0.0691. The van der Waals surface area contributed by atoms with Gasteiger partial charge >= 0.3 is 5.97 Å². The summed E-state index contributed by atoms with van der Waals surface area (Å²) in [4.78, 5) is 19.2. The van der Waals surface area contributed by atoms with Crippen LogP contribution in [0.4, 0.5) is 0 Å². The molecule has 0 bridgehead atoms. The van der Waals surface area contributed by atoms with E-state index in [1.54, 1.807) is 0 Å². The lowest BCUT2D eigenvalue weighted by Crippen LogP contribution is -2.26. The maximum atomic E-state index is 11.5. The Kier molecular flexibility index (Phi) is 3.53. The number of nitrogens with one attached hydrogen (secondary N) is 1. The fraction of sp³-hybridized carbons (Fsp3) is 0.412. The average Bonchev–Trinajstić information content (AvgIpc) is 2.95. The van der Waals surface area contributed by atoms with Gasteiger partial charge in [-0.2, -0.15) is 0 Å². The van der Waals surface area contributed by atoms with Crippen molar-refractivity contribution in [2.45, 2.75) is 44.4 Å². The van der Waals surface area contributed by atoms with E-state index in [1.807, 2.05) is 30.3 Å². The Bertz CT molecular complexity index is 640. The number of aromatic nitrogens is 2. The van der Waals surface area contributed by atoms with Gasteiger partial charge < -0.3 is 10.1 Å². The van der Waals surface area contributed by atoms with Crippen molar-refractivity contribution in [2.24, 2.45) is 0 Å². The number of nitrogens with zero attached hydrogens (tertiary/aromatic N) is 1. The summed E-state index contributed by atoms with van der Waals surface area (Å²) in [5.74, 6) is -0.158. The molecule has 0 radical (unpaired) electrons. The van der Waals surface area contributed by atoms with Crippen molar-refractivity contribution in [3.05, 3.63) is 41.9 Å². The predicted molar refractivity (Wildman–Crippen MR) is 81.4 cm³/mol. The van der Waals surface area contributed by atoms with Gasteiger partial charge in [0.25, 0.3) is 0 Å². The summed E-state index contributed by atoms with van der Waals surface area (Å²) >= 11 is 0. The summed E-state index contributed by atoms with van der Waals surface area (Å²) < 4.78 is 0. The minimum Gasteiger partial charge on any atom is -0.476 e. The first-order valence-corrected chi connectivity index (χ1v) is 7.49. The van der Waals surface area contributed by atoms with Crippen LogP contribution in [0.2, 0.25) is 0 Å². The molecule has 0 spiro atoms. The van der Waals surface area contributed by atoms with E-state index in [1.165, 1.54) is 19.3 Å². The number of benzene rings is 1. The lowest BCUT2D eigenvalue weighted by atomic mass is 9.75. The number of rotatable bonds is 3. The van der Waals surface area contributed by atoms with Gasteiger partial charge in [-0.15, -0.1) is 0 Å². The minimum atomic E-state index is -0.976. The van der Waals surface area contributed by atoms with Crippen molar-refractivity contribution in [1.29, 1.82) is 0 Å². The zero-order chi connectivity index (χ0) is 14.9. The van der Waals surface area contributed by atoms with Crippen LogP contribution in [0.5, 0.6) is 0 Å². The summed E-state index contributed by atoms with van der Waals surface area (Å²) in [6.07, 6.45) is 5.75. The number of aromatic carboxylic acids is 1. The van der Waals surface area contributed by atoms with Gasteiger partial charge in [0.2, 0.25) is 0 Å². The second-order valence-corrected chi connectivity index (χ2v) is 6.10. The molecule has 1 saturated carbocycles. The van der Waals surface area contributed by atoms with Crippen LogP contribution < -0.4 is 0 Å². The van der Waals surface area contributed by atoms with E-state index < -0.39 is 5.97 Å². The van der Waals surface area contributed by atoms with E-state index >= 15 is 0 Å². The second-order valence-electron chi connectivity index (χ2n) is 6.10. The summed E-state index contributed by atoms with van der Waals surface area (Å²) in [5.41, 5.74) is 1.58.